The minimum Gasteiger partial charge on any atom is -0.378 e. The van der Waals surface area contributed by atoms with Gasteiger partial charge in [-0.1, -0.05) is 23.5 Å². The van der Waals surface area contributed by atoms with Gasteiger partial charge in [0.1, 0.15) is 11.3 Å². The standard InChI is InChI=1S/C18H20N6OS/c1-24(2)15-6-3-13(4-7-15)9-10-19-16-8-5-14(11-20-16)17(25)22-18-23-21-12-26-18/h3-8,11-12H,9-10H2,1-2H3,(H,19,20)(H,22,23,25). The Bertz CT molecular complexity index is 831. The van der Waals surface area contributed by atoms with Crippen molar-refractivity contribution in [1.29, 1.82) is 0 Å². The fourth-order valence-electron chi connectivity index (χ4n) is 2.33. The van der Waals surface area contributed by atoms with E-state index in [0.717, 1.165) is 18.8 Å². The van der Waals surface area contributed by atoms with Gasteiger partial charge in [-0.05, 0) is 36.2 Å². The van der Waals surface area contributed by atoms with E-state index in [9.17, 15) is 4.79 Å². The van der Waals surface area contributed by atoms with Gasteiger partial charge in [-0.2, -0.15) is 0 Å². The van der Waals surface area contributed by atoms with E-state index in [0.29, 0.717) is 10.7 Å². The van der Waals surface area contributed by atoms with Crippen LogP contribution < -0.4 is 15.5 Å². The van der Waals surface area contributed by atoms with E-state index < -0.39 is 0 Å². The van der Waals surface area contributed by atoms with Crippen LogP contribution in [0.1, 0.15) is 15.9 Å². The molecule has 134 valence electrons. The lowest BCUT2D eigenvalue weighted by Crippen LogP contribution is -2.13. The van der Waals surface area contributed by atoms with Crippen molar-refractivity contribution in [2.45, 2.75) is 6.42 Å². The minimum absolute atomic E-state index is 0.248. The molecule has 8 heteroatoms. The number of nitrogens with zero attached hydrogens (tertiary/aromatic N) is 4. The van der Waals surface area contributed by atoms with Crippen LogP contribution in [-0.4, -0.2) is 41.7 Å². The van der Waals surface area contributed by atoms with Crippen LogP contribution in [0.15, 0.2) is 48.1 Å². The van der Waals surface area contributed by atoms with E-state index in [4.69, 9.17) is 0 Å². The molecule has 3 rings (SSSR count). The fraction of sp³-hybridized carbons (Fsp3) is 0.222. The molecule has 0 spiro atoms. The van der Waals surface area contributed by atoms with Gasteiger partial charge in [-0.25, -0.2) is 4.98 Å². The number of benzene rings is 1. The van der Waals surface area contributed by atoms with Crippen molar-refractivity contribution in [2.24, 2.45) is 0 Å². The van der Waals surface area contributed by atoms with Crippen molar-refractivity contribution in [3.05, 3.63) is 59.2 Å². The van der Waals surface area contributed by atoms with E-state index in [1.54, 1.807) is 23.8 Å². The van der Waals surface area contributed by atoms with Crippen molar-refractivity contribution in [3.8, 4) is 0 Å². The van der Waals surface area contributed by atoms with Crippen LogP contribution in [0.5, 0.6) is 0 Å². The van der Waals surface area contributed by atoms with Gasteiger partial charge in [-0.3, -0.25) is 10.1 Å². The first-order chi connectivity index (χ1) is 12.6. The lowest BCUT2D eigenvalue weighted by Gasteiger charge is -2.12. The number of carbonyl (C=O) groups is 1. The Hall–Kier alpha value is -3.00. The molecule has 1 aromatic carbocycles. The smallest absolute Gasteiger partial charge is 0.259 e. The van der Waals surface area contributed by atoms with Gasteiger partial charge in [0.25, 0.3) is 5.91 Å². The predicted octanol–water partition coefficient (Wildman–Crippen LogP) is 2.91. The molecule has 2 heterocycles. The molecule has 0 unspecified atom stereocenters. The molecule has 2 aromatic heterocycles. The summed E-state index contributed by atoms with van der Waals surface area (Å²) in [7, 11) is 4.06. The molecule has 7 nitrogen and oxygen atoms in total. The van der Waals surface area contributed by atoms with Gasteiger partial charge in [-0.15, -0.1) is 10.2 Å². The Morgan fingerprint density at radius 1 is 1.15 bits per heavy atom. The molecule has 0 bridgehead atoms. The number of rotatable bonds is 7. The number of amides is 1. The first kappa shape index (κ1) is 17.8. The highest BCUT2D eigenvalue weighted by molar-refractivity contribution is 7.13. The van der Waals surface area contributed by atoms with Crippen molar-refractivity contribution in [3.63, 3.8) is 0 Å². The molecule has 0 aliphatic carbocycles. The number of hydrogen-bond acceptors (Lipinski definition) is 7. The van der Waals surface area contributed by atoms with Crippen molar-refractivity contribution in [2.75, 3.05) is 36.2 Å². The molecule has 0 aliphatic rings. The quantitative estimate of drug-likeness (QED) is 0.667. The monoisotopic (exact) mass is 368 g/mol. The predicted molar refractivity (Wildman–Crippen MR) is 105 cm³/mol. The van der Waals surface area contributed by atoms with Crippen LogP contribution in [0.3, 0.4) is 0 Å². The topological polar surface area (TPSA) is 83.0 Å². The molecule has 0 saturated heterocycles. The highest BCUT2D eigenvalue weighted by Crippen LogP contribution is 2.14. The van der Waals surface area contributed by atoms with E-state index in [1.165, 1.54) is 22.6 Å². The molecular weight excluding hydrogens is 348 g/mol. The largest absolute Gasteiger partial charge is 0.378 e. The molecule has 0 aliphatic heterocycles. The maximum atomic E-state index is 12.1. The third-order valence-electron chi connectivity index (χ3n) is 3.78. The second-order valence-electron chi connectivity index (χ2n) is 5.87. The lowest BCUT2D eigenvalue weighted by molar-refractivity contribution is 0.102. The summed E-state index contributed by atoms with van der Waals surface area (Å²) in [5.41, 5.74) is 4.49. The van der Waals surface area contributed by atoms with Crippen LogP contribution in [0.25, 0.3) is 0 Å². The Balaban J connectivity index is 1.49. The summed E-state index contributed by atoms with van der Waals surface area (Å²) in [6, 6.07) is 12.0. The third kappa shape index (κ3) is 4.76. The number of carbonyl (C=O) groups excluding carboxylic acids is 1. The summed E-state index contributed by atoms with van der Waals surface area (Å²) < 4.78 is 0. The first-order valence-corrected chi connectivity index (χ1v) is 9.03. The van der Waals surface area contributed by atoms with Crippen molar-refractivity contribution >= 4 is 33.9 Å². The van der Waals surface area contributed by atoms with Crippen molar-refractivity contribution in [1.82, 2.24) is 15.2 Å². The molecule has 0 saturated carbocycles. The zero-order valence-corrected chi connectivity index (χ0v) is 15.5. The minimum atomic E-state index is -0.248. The van der Waals surface area contributed by atoms with E-state index >= 15 is 0 Å². The molecule has 0 atom stereocenters. The summed E-state index contributed by atoms with van der Waals surface area (Å²) in [5, 5.41) is 13.9. The maximum Gasteiger partial charge on any atom is 0.259 e. The summed E-state index contributed by atoms with van der Waals surface area (Å²) in [4.78, 5) is 18.4. The highest BCUT2D eigenvalue weighted by Gasteiger charge is 2.08. The Morgan fingerprint density at radius 3 is 2.58 bits per heavy atom. The lowest BCUT2D eigenvalue weighted by atomic mass is 10.1. The molecular formula is C18H20N6OS. The summed E-state index contributed by atoms with van der Waals surface area (Å²) in [5.74, 6) is 0.490. The normalized spacial score (nSPS) is 10.4. The number of hydrogen-bond donors (Lipinski definition) is 2. The van der Waals surface area contributed by atoms with Gasteiger partial charge >= 0.3 is 0 Å². The molecule has 0 radical (unpaired) electrons. The molecule has 26 heavy (non-hydrogen) atoms. The average Bonchev–Trinajstić information content (AvgIpc) is 3.15. The van der Waals surface area contributed by atoms with Crippen LogP contribution in [0.4, 0.5) is 16.6 Å². The van der Waals surface area contributed by atoms with E-state index in [1.807, 2.05) is 14.1 Å². The highest BCUT2D eigenvalue weighted by atomic mass is 32.1. The van der Waals surface area contributed by atoms with Crippen LogP contribution in [0.2, 0.25) is 0 Å². The Kier molecular flexibility index (Phi) is 5.75. The molecule has 1 amide bonds. The number of anilines is 3. The second-order valence-corrected chi connectivity index (χ2v) is 6.70. The average molecular weight is 368 g/mol. The molecule has 3 aromatic rings. The summed E-state index contributed by atoms with van der Waals surface area (Å²) >= 11 is 1.27. The third-order valence-corrected chi connectivity index (χ3v) is 4.39. The van der Waals surface area contributed by atoms with Gasteiger partial charge in [0.05, 0.1) is 5.56 Å². The fourth-order valence-corrected chi connectivity index (χ4v) is 2.77. The first-order valence-electron chi connectivity index (χ1n) is 8.15. The number of aromatic nitrogens is 3. The van der Waals surface area contributed by atoms with Crippen molar-refractivity contribution < 1.29 is 4.79 Å². The number of pyridine rings is 1. The zero-order chi connectivity index (χ0) is 18.4. The number of nitrogens with one attached hydrogen (secondary N) is 2. The van der Waals surface area contributed by atoms with Crippen LogP contribution >= 0.6 is 11.3 Å². The summed E-state index contributed by atoms with van der Waals surface area (Å²) in [6.07, 6.45) is 2.44. The summed E-state index contributed by atoms with van der Waals surface area (Å²) in [6.45, 7) is 0.768. The van der Waals surface area contributed by atoms with Gasteiger partial charge in [0.2, 0.25) is 5.13 Å². The molecule has 2 N–H and O–H groups in total. The van der Waals surface area contributed by atoms with Crippen LogP contribution in [-0.2, 0) is 6.42 Å². The Labute approximate surface area is 156 Å². The van der Waals surface area contributed by atoms with Gasteiger partial charge in [0, 0.05) is 32.5 Å². The SMILES string of the molecule is CN(C)c1ccc(CCNc2ccc(C(=O)Nc3nncs3)cn2)cc1. The van der Waals surface area contributed by atoms with Gasteiger partial charge < -0.3 is 10.2 Å². The zero-order valence-electron chi connectivity index (χ0n) is 14.6. The maximum absolute atomic E-state index is 12.1. The van der Waals surface area contributed by atoms with Crippen LogP contribution in [0, 0.1) is 0 Å². The van der Waals surface area contributed by atoms with E-state index in [-0.39, 0.29) is 5.91 Å². The van der Waals surface area contributed by atoms with Gasteiger partial charge in [0.15, 0.2) is 0 Å². The Morgan fingerprint density at radius 2 is 1.96 bits per heavy atom. The molecule has 0 fully saturated rings. The second kappa shape index (κ2) is 8.39. The van der Waals surface area contributed by atoms with E-state index in [2.05, 4.69) is 55.0 Å².